The van der Waals surface area contributed by atoms with Crippen LogP contribution >= 0.6 is 0 Å². The van der Waals surface area contributed by atoms with Crippen molar-refractivity contribution in [2.45, 2.75) is 36.6 Å². The van der Waals surface area contributed by atoms with Crippen LogP contribution in [0.2, 0.25) is 0 Å². The van der Waals surface area contributed by atoms with Gasteiger partial charge in [-0.15, -0.1) is 0 Å². The maximum absolute atomic E-state index is 13.0. The Kier molecular flexibility index (Phi) is 6.08. The third-order valence-electron chi connectivity index (χ3n) is 5.98. The van der Waals surface area contributed by atoms with Crippen LogP contribution in [0.1, 0.15) is 5.56 Å². The van der Waals surface area contributed by atoms with Gasteiger partial charge in [-0.1, -0.05) is 0 Å². The molecule has 4 rings (SSSR count). The molecule has 0 bridgehead atoms. The number of phenolic OH excluding ortho intramolecular Hbond substituents is 2. The van der Waals surface area contributed by atoms with E-state index >= 15 is 0 Å². The van der Waals surface area contributed by atoms with Gasteiger partial charge in [0.15, 0.2) is 17.3 Å². The standard InChI is InChI=1S/C22H24O11/c1-31-13-6-14-16(11(26)5-12(32-14)8-2-3-9(24)10(25)4-8)19(28)17(13)22-21(30)20(29)18(27)15(7-23)33-22/h2-6,14-16,18,20-25,27-30H,7H2,1H3. The average Bonchev–Trinajstić information content (AvgIpc) is 2.79. The number of phenols is 2. The fraction of sp³-hybridized carbons (Fsp3) is 0.409. The number of methoxy groups -OCH3 is 1. The summed E-state index contributed by atoms with van der Waals surface area (Å²) in [5, 5.41) is 70.4. The zero-order valence-electron chi connectivity index (χ0n) is 17.4. The van der Waals surface area contributed by atoms with Crippen LogP contribution in [0.25, 0.3) is 5.76 Å². The highest BCUT2D eigenvalue weighted by Gasteiger charge is 2.50. The Morgan fingerprint density at radius 3 is 2.39 bits per heavy atom. The molecule has 7 unspecified atom stereocenters. The van der Waals surface area contributed by atoms with E-state index < -0.39 is 66.4 Å². The maximum Gasteiger partial charge on any atom is 0.174 e. The predicted octanol–water partition coefficient (Wildman–Crippen LogP) is -0.779. The van der Waals surface area contributed by atoms with Gasteiger partial charge in [0.2, 0.25) is 0 Å². The highest BCUT2D eigenvalue weighted by molar-refractivity contribution is 6.01. The van der Waals surface area contributed by atoms with Crippen molar-refractivity contribution in [3.05, 3.63) is 53.0 Å². The van der Waals surface area contributed by atoms with Gasteiger partial charge < -0.3 is 50.0 Å². The highest BCUT2D eigenvalue weighted by Crippen LogP contribution is 2.42. The number of fused-ring (bicyclic) bond motifs is 1. The van der Waals surface area contributed by atoms with Crippen molar-refractivity contribution in [3.63, 3.8) is 0 Å². The van der Waals surface area contributed by atoms with E-state index in [1.165, 1.54) is 31.4 Å². The smallest absolute Gasteiger partial charge is 0.174 e. The van der Waals surface area contributed by atoms with Crippen molar-refractivity contribution in [1.82, 2.24) is 0 Å². The van der Waals surface area contributed by atoms with Crippen molar-refractivity contribution in [2.75, 3.05) is 13.7 Å². The number of ketones is 1. The zero-order chi connectivity index (χ0) is 24.0. The Morgan fingerprint density at radius 1 is 1.03 bits per heavy atom. The molecule has 1 fully saturated rings. The summed E-state index contributed by atoms with van der Waals surface area (Å²) in [6.07, 6.45) is -6.12. The lowest BCUT2D eigenvalue weighted by atomic mass is 9.80. The Bertz CT molecular complexity index is 1040. The van der Waals surface area contributed by atoms with Gasteiger partial charge in [-0.3, -0.25) is 4.79 Å². The van der Waals surface area contributed by atoms with Gasteiger partial charge in [-0.05, 0) is 24.3 Å². The summed E-state index contributed by atoms with van der Waals surface area (Å²) in [7, 11) is 1.28. The molecule has 1 aromatic rings. The largest absolute Gasteiger partial charge is 0.511 e. The number of hydrogen-bond acceptors (Lipinski definition) is 11. The van der Waals surface area contributed by atoms with Crippen LogP contribution in [0.4, 0.5) is 0 Å². The van der Waals surface area contributed by atoms with Crippen molar-refractivity contribution in [2.24, 2.45) is 5.92 Å². The summed E-state index contributed by atoms with van der Waals surface area (Å²) in [5.41, 5.74) is 0.194. The van der Waals surface area contributed by atoms with Gasteiger partial charge in [0.1, 0.15) is 59.8 Å². The minimum atomic E-state index is -1.69. The second-order valence-electron chi connectivity index (χ2n) is 7.96. The molecule has 2 aliphatic heterocycles. The summed E-state index contributed by atoms with van der Waals surface area (Å²) in [6.45, 7) is -0.665. The van der Waals surface area contributed by atoms with E-state index in [1.54, 1.807) is 0 Å². The number of carbonyl (C=O) groups is 1. The Hall–Kier alpha value is -3.09. The van der Waals surface area contributed by atoms with E-state index in [9.17, 15) is 40.5 Å². The number of benzene rings is 1. The Labute approximate surface area is 187 Å². The van der Waals surface area contributed by atoms with Crippen molar-refractivity contribution < 1.29 is 54.8 Å². The lowest BCUT2D eigenvalue weighted by molar-refractivity contribution is -0.220. The molecule has 1 aromatic carbocycles. The highest BCUT2D eigenvalue weighted by atomic mass is 16.5. The number of aromatic hydroxyl groups is 2. The van der Waals surface area contributed by atoms with E-state index in [0.717, 1.165) is 6.08 Å². The van der Waals surface area contributed by atoms with Crippen molar-refractivity contribution in [1.29, 1.82) is 0 Å². The molecule has 1 saturated heterocycles. The fourth-order valence-electron chi connectivity index (χ4n) is 4.22. The molecule has 178 valence electrons. The SMILES string of the molecule is COC1=CC2OC(c3ccc(O)c(O)c3)=CC(=O)C2C(O)=C1C1OC(CO)C(O)C(O)C1O. The molecule has 11 heteroatoms. The summed E-state index contributed by atoms with van der Waals surface area (Å²) < 4.78 is 16.7. The van der Waals surface area contributed by atoms with Crippen molar-refractivity contribution in [3.8, 4) is 11.5 Å². The van der Waals surface area contributed by atoms with E-state index in [4.69, 9.17) is 14.2 Å². The summed E-state index contributed by atoms with van der Waals surface area (Å²) in [6, 6.07) is 3.89. The number of aliphatic hydroxyl groups excluding tert-OH is 5. The number of rotatable bonds is 4. The van der Waals surface area contributed by atoms with Gasteiger partial charge in [0.25, 0.3) is 0 Å². The summed E-state index contributed by atoms with van der Waals surface area (Å²) >= 11 is 0. The Morgan fingerprint density at radius 2 is 1.76 bits per heavy atom. The zero-order valence-corrected chi connectivity index (χ0v) is 17.4. The van der Waals surface area contributed by atoms with E-state index in [0.29, 0.717) is 5.56 Å². The van der Waals surface area contributed by atoms with Crippen LogP contribution in [-0.2, 0) is 19.0 Å². The van der Waals surface area contributed by atoms with Crippen LogP contribution in [0.5, 0.6) is 11.5 Å². The van der Waals surface area contributed by atoms with Gasteiger partial charge >= 0.3 is 0 Å². The van der Waals surface area contributed by atoms with E-state index in [2.05, 4.69) is 0 Å². The number of allylic oxidation sites excluding steroid dienone is 1. The first kappa shape index (κ1) is 23.1. The normalized spacial score (nSPS) is 34.2. The second-order valence-corrected chi connectivity index (χ2v) is 7.96. The molecule has 7 N–H and O–H groups in total. The first-order valence-corrected chi connectivity index (χ1v) is 10.1. The lowest BCUT2D eigenvalue weighted by Gasteiger charge is -2.43. The quantitative estimate of drug-likeness (QED) is 0.277. The molecular weight excluding hydrogens is 440 g/mol. The first-order valence-electron chi connectivity index (χ1n) is 10.1. The number of hydrogen-bond donors (Lipinski definition) is 7. The molecule has 11 nitrogen and oxygen atoms in total. The van der Waals surface area contributed by atoms with Crippen LogP contribution in [0, 0.1) is 5.92 Å². The van der Waals surface area contributed by atoms with Gasteiger partial charge in [0.05, 0.1) is 19.3 Å². The molecule has 1 aliphatic carbocycles. The van der Waals surface area contributed by atoms with E-state index in [-0.39, 0.29) is 22.8 Å². The third kappa shape index (κ3) is 3.83. The predicted molar refractivity (Wildman–Crippen MR) is 110 cm³/mol. The van der Waals surface area contributed by atoms with Gasteiger partial charge in [-0.2, -0.15) is 0 Å². The number of ether oxygens (including phenoxy) is 3. The average molecular weight is 464 g/mol. The van der Waals surface area contributed by atoms with Gasteiger partial charge in [0, 0.05) is 11.6 Å². The van der Waals surface area contributed by atoms with Crippen molar-refractivity contribution >= 4 is 11.5 Å². The third-order valence-corrected chi connectivity index (χ3v) is 5.98. The van der Waals surface area contributed by atoms with Crippen LogP contribution in [-0.4, -0.2) is 91.9 Å². The summed E-state index contributed by atoms with van der Waals surface area (Å²) in [5.74, 6) is -2.95. The Balaban J connectivity index is 1.72. The number of aliphatic hydroxyl groups is 5. The maximum atomic E-state index is 13.0. The minimum Gasteiger partial charge on any atom is -0.511 e. The summed E-state index contributed by atoms with van der Waals surface area (Å²) in [4.78, 5) is 13.0. The molecular formula is C22H24O11. The monoisotopic (exact) mass is 464 g/mol. The first-order chi connectivity index (χ1) is 15.7. The minimum absolute atomic E-state index is 0.000632. The molecule has 0 saturated carbocycles. The fourth-order valence-corrected chi connectivity index (χ4v) is 4.22. The molecule has 0 radical (unpaired) electrons. The molecule has 0 amide bonds. The topological polar surface area (TPSA) is 186 Å². The van der Waals surface area contributed by atoms with Crippen LogP contribution in [0.3, 0.4) is 0 Å². The number of carbonyl (C=O) groups excluding carboxylic acids is 1. The van der Waals surface area contributed by atoms with Crippen LogP contribution < -0.4 is 0 Å². The van der Waals surface area contributed by atoms with Gasteiger partial charge in [-0.25, -0.2) is 0 Å². The molecule has 0 spiro atoms. The lowest BCUT2D eigenvalue weighted by Crippen LogP contribution is -2.59. The molecule has 33 heavy (non-hydrogen) atoms. The van der Waals surface area contributed by atoms with E-state index in [1.807, 2.05) is 0 Å². The molecule has 7 atom stereocenters. The molecule has 0 aromatic heterocycles. The molecule has 2 heterocycles. The molecule has 3 aliphatic rings. The van der Waals surface area contributed by atoms with Crippen LogP contribution in [0.15, 0.2) is 47.4 Å². The second kappa shape index (κ2) is 8.69.